The van der Waals surface area contributed by atoms with Gasteiger partial charge in [0, 0.05) is 16.8 Å². The van der Waals surface area contributed by atoms with Crippen LogP contribution in [0.4, 0.5) is 10.1 Å². The summed E-state index contributed by atoms with van der Waals surface area (Å²) in [4.78, 5) is 18.4. The number of aromatic amines is 1. The third-order valence-corrected chi connectivity index (χ3v) is 6.20. The second-order valence-corrected chi connectivity index (χ2v) is 8.62. The molecule has 4 aromatic rings. The Kier molecular flexibility index (Phi) is 5.37. The zero-order valence-corrected chi connectivity index (χ0v) is 19.3. The number of amides is 1. The molecule has 0 radical (unpaired) electrons. The molecule has 0 spiro atoms. The number of nitrogens with zero attached hydrogens (tertiary/aromatic N) is 2. The standard InChI is InChI=1S/C27H22FN5O3/c1-15-24(27(34)31-19-10-11-20-17(12-19)13-29-33-20)25(16-6-8-18(28)9-7-16)32-26(30-15)23-14-35-21-4-2-3-5-22(21)36-23/h2-13,23,25H,14H2,1H3,(H,29,33)(H,30,32)(H,31,34). The van der Waals surface area contributed by atoms with Crippen LogP contribution in [-0.4, -0.2) is 34.7 Å². The molecule has 0 bridgehead atoms. The average molecular weight is 484 g/mol. The lowest BCUT2D eigenvalue weighted by Crippen LogP contribution is -2.46. The number of hydrogen-bond donors (Lipinski definition) is 3. The van der Waals surface area contributed by atoms with Gasteiger partial charge in [-0.1, -0.05) is 24.3 Å². The van der Waals surface area contributed by atoms with Crippen molar-refractivity contribution in [2.75, 3.05) is 11.9 Å². The van der Waals surface area contributed by atoms with E-state index < -0.39 is 12.1 Å². The number of hydrogen-bond acceptors (Lipinski definition) is 6. The molecule has 9 heteroatoms. The molecule has 0 aliphatic carbocycles. The van der Waals surface area contributed by atoms with Crippen molar-refractivity contribution >= 4 is 28.3 Å². The number of ether oxygens (including phenoxy) is 2. The lowest BCUT2D eigenvalue weighted by atomic mass is 9.94. The molecule has 6 rings (SSSR count). The number of para-hydroxylation sites is 2. The molecule has 2 aliphatic rings. The summed E-state index contributed by atoms with van der Waals surface area (Å²) >= 11 is 0. The van der Waals surface area contributed by atoms with Gasteiger partial charge in [-0.15, -0.1) is 0 Å². The third-order valence-electron chi connectivity index (χ3n) is 6.20. The van der Waals surface area contributed by atoms with Crippen molar-refractivity contribution in [2.45, 2.75) is 19.1 Å². The smallest absolute Gasteiger partial charge is 0.255 e. The van der Waals surface area contributed by atoms with Crippen LogP contribution in [0.15, 0.2) is 89.2 Å². The van der Waals surface area contributed by atoms with E-state index in [4.69, 9.17) is 14.5 Å². The first-order chi connectivity index (χ1) is 17.5. The van der Waals surface area contributed by atoms with E-state index >= 15 is 0 Å². The molecular weight excluding hydrogens is 461 g/mol. The van der Waals surface area contributed by atoms with E-state index in [9.17, 15) is 9.18 Å². The van der Waals surface area contributed by atoms with Crippen molar-refractivity contribution < 1.29 is 18.7 Å². The second kappa shape index (κ2) is 8.84. The van der Waals surface area contributed by atoms with Gasteiger partial charge in [-0.25, -0.2) is 4.39 Å². The lowest BCUT2D eigenvalue weighted by Gasteiger charge is -2.32. The predicted octanol–water partition coefficient (Wildman–Crippen LogP) is 4.50. The van der Waals surface area contributed by atoms with E-state index in [2.05, 4.69) is 20.8 Å². The molecule has 1 aromatic heterocycles. The predicted molar refractivity (Wildman–Crippen MR) is 133 cm³/mol. The van der Waals surface area contributed by atoms with Crippen molar-refractivity contribution in [2.24, 2.45) is 4.99 Å². The van der Waals surface area contributed by atoms with Crippen LogP contribution >= 0.6 is 0 Å². The molecule has 36 heavy (non-hydrogen) atoms. The van der Waals surface area contributed by atoms with Gasteiger partial charge < -0.3 is 20.1 Å². The fraction of sp³-hybridized carbons (Fsp3) is 0.148. The van der Waals surface area contributed by atoms with Crippen LogP contribution in [0.3, 0.4) is 0 Å². The summed E-state index contributed by atoms with van der Waals surface area (Å²) < 4.78 is 25.7. The van der Waals surface area contributed by atoms with Crippen LogP contribution in [0, 0.1) is 5.82 Å². The minimum Gasteiger partial charge on any atom is -0.485 e. The fourth-order valence-electron chi connectivity index (χ4n) is 4.42. The number of carbonyl (C=O) groups is 1. The molecule has 1 amide bonds. The van der Waals surface area contributed by atoms with Crippen molar-refractivity contribution in [1.29, 1.82) is 0 Å². The van der Waals surface area contributed by atoms with Gasteiger partial charge in [0.2, 0.25) is 0 Å². The Hall–Kier alpha value is -4.66. The van der Waals surface area contributed by atoms with Crippen LogP contribution < -0.4 is 20.1 Å². The Morgan fingerprint density at radius 3 is 2.72 bits per heavy atom. The first-order valence-corrected chi connectivity index (χ1v) is 11.5. The maximum Gasteiger partial charge on any atom is 0.255 e. The first-order valence-electron chi connectivity index (χ1n) is 11.5. The second-order valence-electron chi connectivity index (χ2n) is 8.62. The average Bonchev–Trinajstić information content (AvgIpc) is 3.36. The molecule has 0 fully saturated rings. The van der Waals surface area contributed by atoms with Crippen molar-refractivity contribution in [1.82, 2.24) is 15.5 Å². The quantitative estimate of drug-likeness (QED) is 0.397. The van der Waals surface area contributed by atoms with Crippen LogP contribution in [-0.2, 0) is 4.79 Å². The van der Waals surface area contributed by atoms with E-state index in [1.165, 1.54) is 12.1 Å². The number of carbonyl (C=O) groups excluding carboxylic acids is 1. The van der Waals surface area contributed by atoms with Crippen LogP contribution in [0.1, 0.15) is 18.5 Å². The summed E-state index contributed by atoms with van der Waals surface area (Å²) in [6.45, 7) is 2.08. The van der Waals surface area contributed by atoms with E-state index in [0.29, 0.717) is 39.9 Å². The third kappa shape index (κ3) is 4.04. The number of allylic oxidation sites excluding steroid dienone is 1. The molecule has 3 heterocycles. The van der Waals surface area contributed by atoms with Gasteiger partial charge in [-0.05, 0) is 55.0 Å². The van der Waals surface area contributed by atoms with Crippen molar-refractivity contribution in [3.8, 4) is 11.5 Å². The Bertz CT molecular complexity index is 1530. The van der Waals surface area contributed by atoms with Gasteiger partial charge in [-0.2, -0.15) is 5.10 Å². The van der Waals surface area contributed by atoms with Gasteiger partial charge in [-0.3, -0.25) is 14.9 Å². The van der Waals surface area contributed by atoms with Crippen LogP contribution in [0.2, 0.25) is 0 Å². The summed E-state index contributed by atoms with van der Waals surface area (Å²) in [5, 5.41) is 14.0. The van der Waals surface area contributed by atoms with Gasteiger partial charge >= 0.3 is 0 Å². The van der Waals surface area contributed by atoms with Gasteiger partial charge in [0.05, 0.1) is 17.3 Å². The highest BCUT2D eigenvalue weighted by Crippen LogP contribution is 2.35. The number of benzene rings is 3. The summed E-state index contributed by atoms with van der Waals surface area (Å²) in [6.07, 6.45) is 1.20. The number of nitrogens with one attached hydrogen (secondary N) is 3. The van der Waals surface area contributed by atoms with E-state index in [-0.39, 0.29) is 18.3 Å². The molecule has 0 saturated carbocycles. The largest absolute Gasteiger partial charge is 0.485 e. The van der Waals surface area contributed by atoms with E-state index in [0.717, 1.165) is 10.9 Å². The molecule has 2 unspecified atom stereocenters. The molecular formula is C27H22FN5O3. The Labute approximate surface area is 205 Å². The van der Waals surface area contributed by atoms with Crippen LogP contribution in [0.5, 0.6) is 11.5 Å². The number of anilines is 1. The number of H-pyrrole nitrogens is 1. The monoisotopic (exact) mass is 483 g/mol. The Morgan fingerprint density at radius 1 is 1.08 bits per heavy atom. The SMILES string of the molecule is CC1=C(C(=O)Nc2ccc3[nH]ncc3c2)C(c2ccc(F)cc2)N=C(C2COc3ccccc3O2)N1. The highest BCUT2D eigenvalue weighted by molar-refractivity contribution is 6.07. The molecule has 8 nitrogen and oxygen atoms in total. The first kappa shape index (κ1) is 21.8. The summed E-state index contributed by atoms with van der Waals surface area (Å²) in [5.41, 5.74) is 3.23. The highest BCUT2D eigenvalue weighted by atomic mass is 19.1. The Morgan fingerprint density at radius 2 is 1.89 bits per heavy atom. The Balaban J connectivity index is 1.33. The lowest BCUT2D eigenvalue weighted by molar-refractivity contribution is -0.113. The number of aliphatic imine (C=N–C) groups is 1. The summed E-state index contributed by atoms with van der Waals surface area (Å²) in [7, 11) is 0. The number of aromatic nitrogens is 2. The molecule has 0 saturated heterocycles. The molecule has 3 aromatic carbocycles. The van der Waals surface area contributed by atoms with Crippen LogP contribution in [0.25, 0.3) is 10.9 Å². The van der Waals surface area contributed by atoms with Gasteiger partial charge in [0.1, 0.15) is 24.3 Å². The van der Waals surface area contributed by atoms with Crippen molar-refractivity contribution in [3.05, 3.63) is 95.6 Å². The normalized spacial score (nSPS) is 19.0. The zero-order chi connectivity index (χ0) is 24.6. The minimum absolute atomic E-state index is 0.262. The maximum atomic E-state index is 13.7. The molecule has 2 aliphatic heterocycles. The number of fused-ring (bicyclic) bond motifs is 2. The molecule has 3 N–H and O–H groups in total. The molecule has 2 atom stereocenters. The van der Waals surface area contributed by atoms with Gasteiger partial charge in [0.15, 0.2) is 17.6 Å². The van der Waals surface area contributed by atoms with E-state index in [1.807, 2.05) is 43.3 Å². The summed E-state index contributed by atoms with van der Waals surface area (Å²) in [5.74, 6) is 1.15. The highest BCUT2D eigenvalue weighted by Gasteiger charge is 2.34. The zero-order valence-electron chi connectivity index (χ0n) is 19.3. The maximum absolute atomic E-state index is 13.7. The number of halogens is 1. The fourth-order valence-corrected chi connectivity index (χ4v) is 4.42. The number of rotatable bonds is 4. The number of amidine groups is 1. The van der Waals surface area contributed by atoms with Gasteiger partial charge in [0.25, 0.3) is 5.91 Å². The van der Waals surface area contributed by atoms with Crippen molar-refractivity contribution in [3.63, 3.8) is 0 Å². The molecule has 180 valence electrons. The topological polar surface area (TPSA) is 101 Å². The minimum atomic E-state index is -0.666. The van der Waals surface area contributed by atoms with E-state index in [1.54, 1.807) is 24.4 Å². The summed E-state index contributed by atoms with van der Waals surface area (Å²) in [6, 6.07) is 18.3.